The van der Waals surface area contributed by atoms with E-state index in [0.717, 1.165) is 11.1 Å². The first-order valence-corrected chi connectivity index (χ1v) is 10.5. The summed E-state index contributed by atoms with van der Waals surface area (Å²) in [4.78, 5) is 12.2. The Bertz CT molecular complexity index is 862. The van der Waals surface area contributed by atoms with Crippen molar-refractivity contribution in [2.45, 2.75) is 26.4 Å². The van der Waals surface area contributed by atoms with Crippen molar-refractivity contribution in [1.29, 1.82) is 0 Å². The van der Waals surface area contributed by atoms with Crippen LogP contribution >= 0.6 is 0 Å². The predicted octanol–water partition coefficient (Wildman–Crippen LogP) is 2.73. The number of sulfonamides is 1. The maximum Gasteiger partial charge on any atom is 0.251 e. The van der Waals surface area contributed by atoms with E-state index in [9.17, 15) is 13.2 Å². The van der Waals surface area contributed by atoms with E-state index in [0.29, 0.717) is 17.9 Å². The summed E-state index contributed by atoms with van der Waals surface area (Å²) in [6.45, 7) is 4.48. The Labute approximate surface area is 161 Å². The second-order valence-electron chi connectivity index (χ2n) is 6.63. The zero-order chi connectivity index (χ0) is 20.0. The van der Waals surface area contributed by atoms with Gasteiger partial charge in [-0.05, 0) is 43.7 Å². The third-order valence-corrected chi connectivity index (χ3v) is 5.20. The van der Waals surface area contributed by atoms with Crippen LogP contribution in [-0.4, -0.2) is 40.3 Å². The van der Waals surface area contributed by atoms with Crippen molar-refractivity contribution in [3.8, 4) is 0 Å². The quantitative estimate of drug-likeness (QED) is 0.752. The van der Waals surface area contributed by atoms with Crippen molar-refractivity contribution < 1.29 is 17.9 Å². The van der Waals surface area contributed by atoms with Gasteiger partial charge in [0.2, 0.25) is 10.0 Å². The SMILES string of the molecule is COC[C@H](C)NC(=O)c1ccc(N(Cc2ccc(C)cc2)S(C)(=O)=O)cc1. The van der Waals surface area contributed by atoms with E-state index in [1.165, 1.54) is 10.6 Å². The predicted molar refractivity (Wildman–Crippen MR) is 107 cm³/mol. The molecule has 0 aliphatic heterocycles. The standard InChI is InChI=1S/C20H26N2O4S/c1-15-5-7-17(8-6-15)13-22(27(4,24)25)19-11-9-18(10-12-19)20(23)21-16(2)14-26-3/h5-12,16H,13-14H2,1-4H3,(H,21,23)/t16-/m0/s1. The average Bonchev–Trinajstić information content (AvgIpc) is 2.60. The van der Waals surface area contributed by atoms with Gasteiger partial charge >= 0.3 is 0 Å². The monoisotopic (exact) mass is 390 g/mol. The number of methoxy groups -OCH3 is 1. The zero-order valence-corrected chi connectivity index (χ0v) is 16.9. The Balaban J connectivity index is 2.19. The Kier molecular flexibility index (Phi) is 6.98. The Morgan fingerprint density at radius 1 is 1.11 bits per heavy atom. The molecule has 0 aromatic heterocycles. The van der Waals surface area contributed by atoms with Gasteiger partial charge < -0.3 is 10.1 Å². The van der Waals surface area contributed by atoms with Crippen molar-refractivity contribution in [1.82, 2.24) is 5.32 Å². The summed E-state index contributed by atoms with van der Waals surface area (Å²) in [5, 5.41) is 2.83. The third-order valence-electron chi connectivity index (χ3n) is 4.06. The minimum Gasteiger partial charge on any atom is -0.383 e. The lowest BCUT2D eigenvalue weighted by Crippen LogP contribution is -2.35. The van der Waals surface area contributed by atoms with Crippen molar-refractivity contribution in [3.63, 3.8) is 0 Å². The molecule has 2 aromatic carbocycles. The summed E-state index contributed by atoms with van der Waals surface area (Å²) in [5.74, 6) is -0.226. The molecule has 0 saturated heterocycles. The van der Waals surface area contributed by atoms with Crippen LogP contribution in [0.4, 0.5) is 5.69 Å². The van der Waals surface area contributed by atoms with Gasteiger partial charge in [-0.25, -0.2) is 8.42 Å². The first-order valence-electron chi connectivity index (χ1n) is 8.64. The largest absolute Gasteiger partial charge is 0.383 e. The molecule has 1 atom stereocenters. The van der Waals surface area contributed by atoms with Crippen LogP contribution in [0.5, 0.6) is 0 Å². The van der Waals surface area contributed by atoms with E-state index in [-0.39, 0.29) is 18.5 Å². The van der Waals surface area contributed by atoms with Crippen LogP contribution in [0.2, 0.25) is 0 Å². The van der Waals surface area contributed by atoms with E-state index in [1.54, 1.807) is 31.4 Å². The molecule has 2 rings (SSSR count). The smallest absolute Gasteiger partial charge is 0.251 e. The van der Waals surface area contributed by atoms with Crippen LogP contribution < -0.4 is 9.62 Å². The number of nitrogens with one attached hydrogen (secondary N) is 1. The molecule has 0 aliphatic carbocycles. The number of aryl methyl sites for hydroxylation is 1. The molecule has 0 fully saturated rings. The van der Waals surface area contributed by atoms with Crippen LogP contribution in [0.25, 0.3) is 0 Å². The highest BCUT2D eigenvalue weighted by Crippen LogP contribution is 2.21. The number of rotatable bonds is 8. The second-order valence-corrected chi connectivity index (χ2v) is 8.54. The van der Waals surface area contributed by atoms with E-state index in [2.05, 4.69) is 5.32 Å². The molecule has 1 N–H and O–H groups in total. The Morgan fingerprint density at radius 3 is 2.22 bits per heavy atom. The molecule has 27 heavy (non-hydrogen) atoms. The summed E-state index contributed by atoms with van der Waals surface area (Å²) in [7, 11) is -1.89. The van der Waals surface area contributed by atoms with Crippen molar-refractivity contribution >= 4 is 21.6 Å². The van der Waals surface area contributed by atoms with Crippen LogP contribution in [0.15, 0.2) is 48.5 Å². The Hall–Kier alpha value is -2.38. The summed E-state index contributed by atoms with van der Waals surface area (Å²) in [5.41, 5.74) is 2.98. The first-order chi connectivity index (χ1) is 12.7. The van der Waals surface area contributed by atoms with Gasteiger partial charge in [-0.15, -0.1) is 0 Å². The highest BCUT2D eigenvalue weighted by molar-refractivity contribution is 7.92. The number of amides is 1. The Morgan fingerprint density at radius 2 is 1.70 bits per heavy atom. The van der Waals surface area contributed by atoms with Gasteiger partial charge in [-0.1, -0.05) is 29.8 Å². The lowest BCUT2D eigenvalue weighted by atomic mass is 10.1. The lowest BCUT2D eigenvalue weighted by molar-refractivity contribution is 0.0905. The second kappa shape index (κ2) is 9.01. The summed E-state index contributed by atoms with van der Waals surface area (Å²) < 4.78 is 30.9. The van der Waals surface area contributed by atoms with Gasteiger partial charge in [0.05, 0.1) is 25.1 Å². The zero-order valence-electron chi connectivity index (χ0n) is 16.1. The number of hydrogen-bond acceptors (Lipinski definition) is 4. The van der Waals surface area contributed by atoms with Gasteiger partial charge in [0, 0.05) is 18.7 Å². The summed E-state index contributed by atoms with van der Waals surface area (Å²) in [6, 6.07) is 14.1. The van der Waals surface area contributed by atoms with Gasteiger partial charge in [-0.3, -0.25) is 9.10 Å². The molecular weight excluding hydrogens is 364 g/mol. The fourth-order valence-corrected chi connectivity index (χ4v) is 3.53. The number of ether oxygens (including phenoxy) is 1. The number of benzene rings is 2. The number of anilines is 1. The summed E-state index contributed by atoms with van der Waals surface area (Å²) >= 11 is 0. The van der Waals surface area contributed by atoms with E-state index in [4.69, 9.17) is 4.74 Å². The van der Waals surface area contributed by atoms with Crippen LogP contribution in [0.3, 0.4) is 0 Å². The van der Waals surface area contributed by atoms with Gasteiger partial charge in [-0.2, -0.15) is 0 Å². The van der Waals surface area contributed by atoms with Crippen molar-refractivity contribution in [2.24, 2.45) is 0 Å². The number of carbonyl (C=O) groups is 1. The lowest BCUT2D eigenvalue weighted by Gasteiger charge is -2.23. The summed E-state index contributed by atoms with van der Waals surface area (Å²) in [6.07, 6.45) is 1.17. The fraction of sp³-hybridized carbons (Fsp3) is 0.350. The van der Waals surface area contributed by atoms with Crippen LogP contribution in [0, 0.1) is 6.92 Å². The fourth-order valence-electron chi connectivity index (χ4n) is 2.64. The minimum absolute atomic E-state index is 0.115. The van der Waals surface area contributed by atoms with E-state index < -0.39 is 10.0 Å². The van der Waals surface area contributed by atoms with Gasteiger partial charge in [0.15, 0.2) is 0 Å². The van der Waals surface area contributed by atoms with Gasteiger partial charge in [0.25, 0.3) is 5.91 Å². The molecule has 146 valence electrons. The topological polar surface area (TPSA) is 75.7 Å². The molecule has 0 bridgehead atoms. The highest BCUT2D eigenvalue weighted by Gasteiger charge is 2.18. The molecule has 0 aliphatic rings. The average molecular weight is 391 g/mol. The van der Waals surface area contributed by atoms with Crippen LogP contribution in [-0.2, 0) is 21.3 Å². The van der Waals surface area contributed by atoms with Crippen LogP contribution in [0.1, 0.15) is 28.4 Å². The first kappa shape index (κ1) is 20.9. The highest BCUT2D eigenvalue weighted by atomic mass is 32.2. The molecule has 0 heterocycles. The maximum absolute atomic E-state index is 12.3. The number of carbonyl (C=O) groups excluding carboxylic acids is 1. The van der Waals surface area contributed by atoms with E-state index >= 15 is 0 Å². The maximum atomic E-state index is 12.3. The molecule has 7 heteroatoms. The molecule has 2 aromatic rings. The van der Waals surface area contributed by atoms with Crippen molar-refractivity contribution in [3.05, 3.63) is 65.2 Å². The molecular formula is C20H26N2O4S. The third kappa shape index (κ3) is 6.08. The minimum atomic E-state index is -3.47. The molecule has 0 saturated carbocycles. The van der Waals surface area contributed by atoms with E-state index in [1.807, 2.05) is 38.1 Å². The molecule has 6 nitrogen and oxygen atoms in total. The number of nitrogens with zero attached hydrogens (tertiary/aromatic N) is 1. The number of hydrogen-bond donors (Lipinski definition) is 1. The normalized spacial score (nSPS) is 12.4. The molecule has 0 radical (unpaired) electrons. The molecule has 0 unspecified atom stereocenters. The van der Waals surface area contributed by atoms with Gasteiger partial charge in [0.1, 0.15) is 0 Å². The molecule has 1 amide bonds. The van der Waals surface area contributed by atoms with Crippen molar-refractivity contribution in [2.75, 3.05) is 24.3 Å². The molecule has 0 spiro atoms.